The quantitative estimate of drug-likeness (QED) is 0.369. The van der Waals surface area contributed by atoms with Crippen LogP contribution in [0, 0.1) is 6.92 Å². The van der Waals surface area contributed by atoms with Crippen LogP contribution in [-0.4, -0.2) is 26.4 Å². The van der Waals surface area contributed by atoms with E-state index in [2.05, 4.69) is 10.2 Å². The highest BCUT2D eigenvalue weighted by atomic mass is 32.2. The molecule has 0 spiro atoms. The number of hydrogen-bond donors (Lipinski definition) is 0. The van der Waals surface area contributed by atoms with Crippen molar-refractivity contribution in [1.82, 2.24) is 14.8 Å². The van der Waals surface area contributed by atoms with Crippen molar-refractivity contribution in [2.75, 3.05) is 5.75 Å². The first-order valence-corrected chi connectivity index (χ1v) is 10.2. The Bertz CT molecular complexity index is 1300. The maximum Gasteiger partial charge on any atom is 0.277 e. The maximum absolute atomic E-state index is 13.1. The summed E-state index contributed by atoms with van der Waals surface area (Å²) in [5.74, 6) is 0.640. The molecule has 29 heavy (non-hydrogen) atoms. The number of carbonyl (C=O) groups is 1. The Balaban J connectivity index is 1.42. The topological polar surface area (TPSA) is 60.9 Å². The van der Waals surface area contributed by atoms with E-state index in [1.165, 1.54) is 11.8 Å². The fraction of sp³-hybridized carbons (Fsp3) is 0.0870. The number of thioether (sulfide) groups is 1. The van der Waals surface area contributed by atoms with Gasteiger partial charge < -0.3 is 4.42 Å². The van der Waals surface area contributed by atoms with Crippen molar-refractivity contribution in [1.29, 1.82) is 0 Å². The molecule has 0 radical (unpaired) electrons. The molecular weight excluding hydrogens is 382 g/mol. The standard InChI is InChI=1S/C23H17N3O2S/c1-15-7-6-8-16(13-15)22-24-25-23(28-22)29-14-21(27)26-19-11-4-2-9-17(19)18-10-3-5-12-20(18)26/h2-13H,14H2,1H3. The number of para-hydroxylation sites is 2. The molecule has 0 aliphatic heterocycles. The van der Waals surface area contributed by atoms with Crippen molar-refractivity contribution < 1.29 is 9.21 Å². The van der Waals surface area contributed by atoms with Gasteiger partial charge in [0, 0.05) is 16.3 Å². The summed E-state index contributed by atoms with van der Waals surface area (Å²) in [5.41, 5.74) is 3.81. The van der Waals surface area contributed by atoms with Crippen LogP contribution >= 0.6 is 11.8 Å². The van der Waals surface area contributed by atoms with Crippen molar-refractivity contribution in [3.05, 3.63) is 78.4 Å². The fourth-order valence-corrected chi connectivity index (χ4v) is 4.15. The molecule has 6 heteroatoms. The smallest absolute Gasteiger partial charge is 0.277 e. The molecule has 5 aromatic rings. The Kier molecular flexibility index (Phi) is 4.41. The minimum Gasteiger partial charge on any atom is -0.411 e. The van der Waals surface area contributed by atoms with Gasteiger partial charge in [0.05, 0.1) is 16.8 Å². The van der Waals surface area contributed by atoms with Gasteiger partial charge in [-0.15, -0.1) is 10.2 Å². The molecule has 0 aliphatic rings. The molecule has 0 unspecified atom stereocenters. The van der Waals surface area contributed by atoms with E-state index in [9.17, 15) is 4.79 Å². The molecule has 0 amide bonds. The number of aryl methyl sites for hydroxylation is 1. The van der Waals surface area contributed by atoms with Gasteiger partial charge in [-0.2, -0.15) is 0 Å². The van der Waals surface area contributed by atoms with Crippen LogP contribution in [0.5, 0.6) is 0 Å². The van der Waals surface area contributed by atoms with Crippen molar-refractivity contribution in [3.63, 3.8) is 0 Å². The monoisotopic (exact) mass is 399 g/mol. The average Bonchev–Trinajstić information content (AvgIpc) is 3.35. The Hall–Kier alpha value is -3.38. The summed E-state index contributed by atoms with van der Waals surface area (Å²) < 4.78 is 7.52. The first-order chi connectivity index (χ1) is 14.2. The van der Waals surface area contributed by atoms with Crippen LogP contribution in [0.3, 0.4) is 0 Å². The molecule has 0 saturated heterocycles. The van der Waals surface area contributed by atoms with Gasteiger partial charge in [-0.25, -0.2) is 0 Å². The Labute approximate surface area is 171 Å². The molecule has 2 aromatic heterocycles. The molecule has 0 bridgehead atoms. The van der Waals surface area contributed by atoms with Crippen LogP contribution < -0.4 is 0 Å². The van der Waals surface area contributed by atoms with E-state index in [1.807, 2.05) is 79.7 Å². The molecule has 5 rings (SSSR count). The van der Waals surface area contributed by atoms with Gasteiger partial charge in [-0.3, -0.25) is 9.36 Å². The van der Waals surface area contributed by atoms with Crippen molar-refractivity contribution in [2.24, 2.45) is 0 Å². The predicted molar refractivity (Wildman–Crippen MR) is 115 cm³/mol. The van der Waals surface area contributed by atoms with Crippen LogP contribution in [0.25, 0.3) is 33.3 Å². The van der Waals surface area contributed by atoms with Gasteiger partial charge in [-0.1, -0.05) is 65.9 Å². The number of rotatable bonds is 4. The lowest BCUT2D eigenvalue weighted by atomic mass is 10.1. The van der Waals surface area contributed by atoms with Gasteiger partial charge >= 0.3 is 0 Å². The Morgan fingerprint density at radius 1 is 0.931 bits per heavy atom. The lowest BCUT2D eigenvalue weighted by Crippen LogP contribution is -2.12. The Morgan fingerprint density at radius 2 is 1.62 bits per heavy atom. The maximum atomic E-state index is 13.1. The molecule has 142 valence electrons. The lowest BCUT2D eigenvalue weighted by Gasteiger charge is -2.04. The molecule has 0 saturated carbocycles. The third kappa shape index (κ3) is 3.21. The van der Waals surface area contributed by atoms with Crippen molar-refractivity contribution in [2.45, 2.75) is 12.1 Å². The molecule has 0 aliphatic carbocycles. The SMILES string of the molecule is Cc1cccc(-c2nnc(SCC(=O)n3c4ccccc4c4ccccc43)o2)c1. The molecule has 2 heterocycles. The summed E-state index contributed by atoms with van der Waals surface area (Å²) in [6, 6.07) is 23.8. The normalized spacial score (nSPS) is 11.3. The molecule has 0 atom stereocenters. The highest BCUT2D eigenvalue weighted by Gasteiger charge is 2.17. The van der Waals surface area contributed by atoms with E-state index in [1.54, 1.807) is 4.57 Å². The first-order valence-electron chi connectivity index (χ1n) is 9.25. The number of carbonyl (C=O) groups excluding carboxylic acids is 1. The van der Waals surface area contributed by atoms with Gasteiger partial charge in [0.15, 0.2) is 0 Å². The third-order valence-corrected chi connectivity index (χ3v) is 5.62. The van der Waals surface area contributed by atoms with Crippen LogP contribution in [0.4, 0.5) is 0 Å². The van der Waals surface area contributed by atoms with Gasteiger partial charge in [-0.05, 0) is 31.2 Å². The van der Waals surface area contributed by atoms with Crippen molar-refractivity contribution in [3.8, 4) is 11.5 Å². The summed E-state index contributed by atoms with van der Waals surface area (Å²) in [6.45, 7) is 2.01. The number of nitrogens with zero attached hydrogens (tertiary/aromatic N) is 3. The molecule has 3 aromatic carbocycles. The lowest BCUT2D eigenvalue weighted by molar-refractivity contribution is 0.0951. The van der Waals surface area contributed by atoms with Crippen LogP contribution in [0.15, 0.2) is 82.4 Å². The van der Waals surface area contributed by atoms with E-state index in [-0.39, 0.29) is 11.7 Å². The van der Waals surface area contributed by atoms with E-state index >= 15 is 0 Å². The molecule has 0 N–H and O–H groups in total. The summed E-state index contributed by atoms with van der Waals surface area (Å²) in [5, 5.41) is 10.7. The number of fused-ring (bicyclic) bond motifs is 3. The Morgan fingerprint density at radius 3 is 2.31 bits per heavy atom. The van der Waals surface area contributed by atoms with E-state index < -0.39 is 0 Å². The predicted octanol–water partition coefficient (Wildman–Crippen LogP) is 5.59. The largest absolute Gasteiger partial charge is 0.411 e. The van der Waals surface area contributed by atoms with E-state index in [4.69, 9.17) is 4.42 Å². The molecular formula is C23H17N3O2S. The van der Waals surface area contributed by atoms with Gasteiger partial charge in [0.25, 0.3) is 5.22 Å². The first kappa shape index (κ1) is 17.7. The third-order valence-electron chi connectivity index (χ3n) is 4.82. The molecule has 5 nitrogen and oxygen atoms in total. The second-order valence-corrected chi connectivity index (χ2v) is 7.72. The summed E-state index contributed by atoms with van der Waals surface area (Å²) in [4.78, 5) is 13.1. The second kappa shape index (κ2) is 7.22. The summed E-state index contributed by atoms with van der Waals surface area (Å²) >= 11 is 1.25. The van der Waals surface area contributed by atoms with Crippen molar-refractivity contribution >= 4 is 39.5 Å². The summed E-state index contributed by atoms with van der Waals surface area (Å²) in [6.07, 6.45) is 0. The number of hydrogen-bond acceptors (Lipinski definition) is 5. The molecule has 0 fully saturated rings. The zero-order valence-corrected chi connectivity index (χ0v) is 16.5. The van der Waals surface area contributed by atoms with Crippen LogP contribution in [-0.2, 0) is 0 Å². The average molecular weight is 399 g/mol. The zero-order chi connectivity index (χ0) is 19.8. The summed E-state index contributed by atoms with van der Waals surface area (Å²) in [7, 11) is 0. The zero-order valence-electron chi connectivity index (χ0n) is 15.7. The highest BCUT2D eigenvalue weighted by Crippen LogP contribution is 2.30. The number of benzene rings is 3. The minimum absolute atomic E-state index is 0.0253. The van der Waals surface area contributed by atoms with Gasteiger partial charge in [0.1, 0.15) is 0 Å². The highest BCUT2D eigenvalue weighted by molar-refractivity contribution is 7.99. The van der Waals surface area contributed by atoms with Crippen LogP contribution in [0.2, 0.25) is 0 Å². The number of aromatic nitrogens is 3. The minimum atomic E-state index is -0.0253. The van der Waals surface area contributed by atoms with Gasteiger partial charge in [0.2, 0.25) is 11.8 Å². The fourth-order valence-electron chi connectivity index (χ4n) is 3.54. The van der Waals surface area contributed by atoms with E-state index in [0.717, 1.165) is 32.9 Å². The van der Waals surface area contributed by atoms with Crippen LogP contribution in [0.1, 0.15) is 10.4 Å². The second-order valence-electron chi connectivity index (χ2n) is 6.79. The van der Waals surface area contributed by atoms with E-state index in [0.29, 0.717) is 11.1 Å².